The quantitative estimate of drug-likeness (QED) is 0.690. The Bertz CT molecular complexity index is 694. The van der Waals surface area contributed by atoms with Gasteiger partial charge in [0.2, 0.25) is 0 Å². The van der Waals surface area contributed by atoms with Crippen LogP contribution in [0.4, 0.5) is 10.1 Å². The van der Waals surface area contributed by atoms with Gasteiger partial charge in [0.1, 0.15) is 17.3 Å². The van der Waals surface area contributed by atoms with Crippen molar-refractivity contribution >= 4 is 17.6 Å². The van der Waals surface area contributed by atoms with Crippen LogP contribution < -0.4 is 5.32 Å². The van der Waals surface area contributed by atoms with Crippen molar-refractivity contribution < 1.29 is 24.2 Å². The minimum atomic E-state index is -1.24. The minimum absolute atomic E-state index is 0.0451. The fourth-order valence-corrected chi connectivity index (χ4v) is 1.74. The highest BCUT2D eigenvalue weighted by molar-refractivity contribution is 6.08. The lowest BCUT2D eigenvalue weighted by atomic mass is 10.1. The summed E-state index contributed by atoms with van der Waals surface area (Å²) in [4.78, 5) is 25.5. The lowest BCUT2D eigenvalue weighted by Crippen LogP contribution is -2.14. The van der Waals surface area contributed by atoms with Crippen LogP contribution in [0.25, 0.3) is 0 Å². The number of carbonyl (C=O) groups excluding carboxylic acids is 1. The fraction of sp³-hybridized carbons (Fsp3) is 0.0769. The van der Waals surface area contributed by atoms with E-state index in [0.717, 1.165) is 18.2 Å². The fourth-order valence-electron chi connectivity index (χ4n) is 1.74. The standard InChI is InChI=1S/C13H11FN2O4/c1-6-4-9(11(15-6)13(19)20)16-12(18)8-5-7(14)2-3-10(8)17/h2-5,15,17H,1H3,(H,16,18)(H,19,20). The first-order valence-corrected chi connectivity index (χ1v) is 5.61. The van der Waals surface area contributed by atoms with Crippen molar-refractivity contribution in [3.63, 3.8) is 0 Å². The van der Waals surface area contributed by atoms with Gasteiger partial charge in [-0.25, -0.2) is 9.18 Å². The van der Waals surface area contributed by atoms with E-state index < -0.39 is 23.4 Å². The lowest BCUT2D eigenvalue weighted by Gasteiger charge is -2.06. The number of aromatic hydroxyl groups is 1. The maximum atomic E-state index is 13.1. The number of phenolic OH excluding ortho intramolecular Hbond substituents is 1. The number of aryl methyl sites for hydroxylation is 1. The van der Waals surface area contributed by atoms with Crippen LogP contribution in [-0.4, -0.2) is 27.1 Å². The number of aromatic nitrogens is 1. The predicted molar refractivity (Wildman–Crippen MR) is 68.5 cm³/mol. The molecule has 0 radical (unpaired) electrons. The van der Waals surface area contributed by atoms with Gasteiger partial charge in [-0.15, -0.1) is 0 Å². The Labute approximate surface area is 112 Å². The van der Waals surface area contributed by atoms with Gasteiger partial charge < -0.3 is 20.5 Å². The molecular formula is C13H11FN2O4. The second-order valence-electron chi connectivity index (χ2n) is 4.16. The summed E-state index contributed by atoms with van der Waals surface area (Å²) in [5.74, 6) is -3.12. The molecule has 4 N–H and O–H groups in total. The summed E-state index contributed by atoms with van der Waals surface area (Å²) in [5, 5.41) is 20.8. The molecule has 0 aliphatic carbocycles. The third-order valence-corrected chi connectivity index (χ3v) is 2.62. The van der Waals surface area contributed by atoms with Crippen LogP contribution in [0, 0.1) is 12.7 Å². The number of nitrogens with one attached hydrogen (secondary N) is 2. The predicted octanol–water partition coefficient (Wildman–Crippen LogP) is 2.12. The number of anilines is 1. The van der Waals surface area contributed by atoms with Gasteiger partial charge in [0.15, 0.2) is 0 Å². The van der Waals surface area contributed by atoms with Crippen LogP contribution in [0.2, 0.25) is 0 Å². The van der Waals surface area contributed by atoms with E-state index in [4.69, 9.17) is 5.11 Å². The third-order valence-electron chi connectivity index (χ3n) is 2.62. The van der Waals surface area contributed by atoms with Gasteiger partial charge in [0.05, 0.1) is 11.3 Å². The molecule has 104 valence electrons. The molecule has 0 spiro atoms. The molecule has 2 aromatic rings. The molecule has 1 amide bonds. The molecule has 1 aromatic heterocycles. The van der Waals surface area contributed by atoms with Gasteiger partial charge >= 0.3 is 5.97 Å². The summed E-state index contributed by atoms with van der Waals surface area (Å²) in [6.45, 7) is 1.63. The van der Waals surface area contributed by atoms with Crippen LogP contribution >= 0.6 is 0 Å². The normalized spacial score (nSPS) is 10.3. The van der Waals surface area contributed by atoms with Crippen LogP contribution in [0.5, 0.6) is 5.75 Å². The Morgan fingerprint density at radius 1 is 1.30 bits per heavy atom. The van der Waals surface area contributed by atoms with Crippen LogP contribution in [0.15, 0.2) is 24.3 Å². The molecule has 0 bridgehead atoms. The first kappa shape index (κ1) is 13.6. The van der Waals surface area contributed by atoms with E-state index in [1.807, 2.05) is 0 Å². The number of hydrogen-bond acceptors (Lipinski definition) is 3. The zero-order valence-electron chi connectivity index (χ0n) is 10.4. The topological polar surface area (TPSA) is 102 Å². The van der Waals surface area contributed by atoms with Crippen molar-refractivity contribution in [3.8, 4) is 5.75 Å². The van der Waals surface area contributed by atoms with Gasteiger partial charge in [-0.3, -0.25) is 4.79 Å². The van der Waals surface area contributed by atoms with Crippen molar-refractivity contribution in [2.45, 2.75) is 6.92 Å². The first-order valence-electron chi connectivity index (χ1n) is 5.61. The molecule has 0 saturated carbocycles. The summed E-state index contributed by atoms with van der Waals surface area (Å²) in [7, 11) is 0. The average Bonchev–Trinajstić information content (AvgIpc) is 2.73. The Hall–Kier alpha value is -2.83. The van der Waals surface area contributed by atoms with Crippen LogP contribution in [0.1, 0.15) is 26.5 Å². The summed E-state index contributed by atoms with van der Waals surface area (Å²) in [5.41, 5.74) is 0.122. The van der Waals surface area contributed by atoms with Gasteiger partial charge in [-0.05, 0) is 31.2 Å². The highest BCUT2D eigenvalue weighted by atomic mass is 19.1. The highest BCUT2D eigenvalue weighted by Gasteiger charge is 2.18. The van der Waals surface area contributed by atoms with Crippen molar-refractivity contribution in [3.05, 3.63) is 47.0 Å². The molecule has 1 aromatic carbocycles. The van der Waals surface area contributed by atoms with E-state index >= 15 is 0 Å². The Balaban J connectivity index is 2.32. The number of carbonyl (C=O) groups is 2. The third kappa shape index (κ3) is 2.61. The summed E-state index contributed by atoms with van der Waals surface area (Å²) >= 11 is 0. The zero-order chi connectivity index (χ0) is 14.9. The van der Waals surface area contributed by atoms with E-state index in [0.29, 0.717) is 5.69 Å². The van der Waals surface area contributed by atoms with Gasteiger partial charge in [-0.1, -0.05) is 0 Å². The minimum Gasteiger partial charge on any atom is -0.507 e. The monoisotopic (exact) mass is 278 g/mol. The molecule has 0 atom stereocenters. The molecular weight excluding hydrogens is 267 g/mol. The van der Waals surface area contributed by atoms with E-state index in [1.54, 1.807) is 6.92 Å². The molecule has 0 aliphatic rings. The van der Waals surface area contributed by atoms with E-state index in [-0.39, 0.29) is 16.9 Å². The number of amides is 1. The smallest absolute Gasteiger partial charge is 0.354 e. The molecule has 0 unspecified atom stereocenters. The Morgan fingerprint density at radius 3 is 2.65 bits per heavy atom. The Morgan fingerprint density at radius 2 is 2.00 bits per heavy atom. The molecule has 0 saturated heterocycles. The lowest BCUT2D eigenvalue weighted by molar-refractivity contribution is 0.0692. The number of aromatic carboxylic acids is 1. The molecule has 2 rings (SSSR count). The van der Waals surface area contributed by atoms with Crippen LogP contribution in [-0.2, 0) is 0 Å². The maximum absolute atomic E-state index is 13.1. The number of H-pyrrole nitrogens is 1. The summed E-state index contributed by atoms with van der Waals surface area (Å²) in [6.07, 6.45) is 0. The summed E-state index contributed by atoms with van der Waals surface area (Å²) < 4.78 is 13.1. The molecule has 7 heteroatoms. The number of hydrogen-bond donors (Lipinski definition) is 4. The number of benzene rings is 1. The molecule has 0 aliphatic heterocycles. The van der Waals surface area contributed by atoms with E-state index in [2.05, 4.69) is 10.3 Å². The summed E-state index contributed by atoms with van der Waals surface area (Å²) in [6, 6.07) is 4.35. The highest BCUT2D eigenvalue weighted by Crippen LogP contribution is 2.22. The number of aromatic amines is 1. The molecule has 0 fully saturated rings. The Kier molecular flexibility index (Phi) is 3.43. The molecule has 6 nitrogen and oxygen atoms in total. The number of carboxylic acids is 1. The number of rotatable bonds is 3. The van der Waals surface area contributed by atoms with Crippen molar-refractivity contribution in [2.75, 3.05) is 5.32 Å². The van der Waals surface area contributed by atoms with E-state index in [1.165, 1.54) is 6.07 Å². The average molecular weight is 278 g/mol. The van der Waals surface area contributed by atoms with Gasteiger partial charge in [-0.2, -0.15) is 0 Å². The van der Waals surface area contributed by atoms with Crippen molar-refractivity contribution in [1.29, 1.82) is 0 Å². The number of carboxylic acid groups (broad SMARTS) is 1. The largest absolute Gasteiger partial charge is 0.507 e. The van der Waals surface area contributed by atoms with Gasteiger partial charge in [0, 0.05) is 5.69 Å². The zero-order valence-corrected chi connectivity index (χ0v) is 10.4. The van der Waals surface area contributed by atoms with Crippen molar-refractivity contribution in [2.24, 2.45) is 0 Å². The van der Waals surface area contributed by atoms with Crippen LogP contribution in [0.3, 0.4) is 0 Å². The second kappa shape index (κ2) is 5.04. The SMILES string of the molecule is Cc1cc(NC(=O)c2cc(F)ccc2O)c(C(=O)O)[nH]1. The number of phenols is 1. The molecule has 1 heterocycles. The maximum Gasteiger partial charge on any atom is 0.354 e. The van der Waals surface area contributed by atoms with Gasteiger partial charge in [0.25, 0.3) is 5.91 Å². The van der Waals surface area contributed by atoms with Crippen molar-refractivity contribution in [1.82, 2.24) is 4.98 Å². The second-order valence-corrected chi connectivity index (χ2v) is 4.16. The van der Waals surface area contributed by atoms with E-state index in [9.17, 15) is 19.1 Å². The first-order chi connectivity index (χ1) is 9.38. The molecule has 20 heavy (non-hydrogen) atoms. The number of halogens is 1.